The SMILES string of the molecule is CC(C)(C)OC(=O)N1C2CC1CN(CC1CCCCN1)C2. The lowest BCUT2D eigenvalue weighted by atomic mass is 9.87. The van der Waals surface area contributed by atoms with Crippen molar-refractivity contribution in [2.45, 2.75) is 70.2 Å². The quantitative estimate of drug-likeness (QED) is 0.844. The molecule has 4 aliphatic rings. The molecule has 0 spiro atoms. The van der Waals surface area contributed by atoms with Gasteiger partial charge in [-0.3, -0.25) is 9.80 Å². The van der Waals surface area contributed by atoms with Crippen molar-refractivity contribution in [2.24, 2.45) is 0 Å². The number of nitrogens with zero attached hydrogens (tertiary/aromatic N) is 2. The Labute approximate surface area is 128 Å². The van der Waals surface area contributed by atoms with Gasteiger partial charge in [0.05, 0.1) is 12.1 Å². The van der Waals surface area contributed by atoms with Gasteiger partial charge < -0.3 is 10.1 Å². The maximum absolute atomic E-state index is 12.2. The van der Waals surface area contributed by atoms with E-state index < -0.39 is 5.60 Å². The Morgan fingerprint density at radius 1 is 1.24 bits per heavy atom. The summed E-state index contributed by atoms with van der Waals surface area (Å²) in [6, 6.07) is 1.37. The average molecular weight is 295 g/mol. The minimum Gasteiger partial charge on any atom is -0.444 e. The van der Waals surface area contributed by atoms with Crippen LogP contribution in [0.25, 0.3) is 0 Å². The molecule has 4 aliphatic heterocycles. The molecule has 4 rings (SSSR count). The first-order valence-electron chi connectivity index (χ1n) is 8.39. The van der Waals surface area contributed by atoms with Crippen molar-refractivity contribution in [2.75, 3.05) is 26.2 Å². The molecule has 0 aromatic heterocycles. The number of nitrogens with one attached hydrogen (secondary N) is 1. The highest BCUT2D eigenvalue weighted by molar-refractivity contribution is 5.70. The van der Waals surface area contributed by atoms with Crippen LogP contribution in [0.1, 0.15) is 46.5 Å². The molecule has 2 bridgehead atoms. The molecule has 3 unspecified atom stereocenters. The third-order valence-electron chi connectivity index (χ3n) is 4.76. The molecule has 4 fully saturated rings. The zero-order valence-electron chi connectivity index (χ0n) is 13.6. The molecule has 0 aromatic rings. The summed E-state index contributed by atoms with van der Waals surface area (Å²) in [5.74, 6) is 0. The summed E-state index contributed by atoms with van der Waals surface area (Å²) in [4.78, 5) is 16.7. The topological polar surface area (TPSA) is 44.8 Å². The molecule has 0 aromatic carbocycles. The molecule has 0 aliphatic carbocycles. The Morgan fingerprint density at radius 2 is 1.95 bits per heavy atom. The molecule has 0 saturated carbocycles. The van der Waals surface area contributed by atoms with Gasteiger partial charge >= 0.3 is 6.09 Å². The summed E-state index contributed by atoms with van der Waals surface area (Å²) in [5, 5.41) is 3.61. The second-order valence-electron chi connectivity index (χ2n) is 7.80. The van der Waals surface area contributed by atoms with Crippen LogP contribution in [-0.2, 0) is 4.74 Å². The first-order chi connectivity index (χ1) is 9.92. The second-order valence-corrected chi connectivity index (χ2v) is 7.80. The summed E-state index contributed by atoms with van der Waals surface area (Å²) in [6.07, 6.45) is 4.98. The van der Waals surface area contributed by atoms with E-state index in [1.807, 2.05) is 25.7 Å². The maximum Gasteiger partial charge on any atom is 0.410 e. The predicted octanol–water partition coefficient (Wildman–Crippen LogP) is 1.82. The molecular formula is C16H29N3O2. The smallest absolute Gasteiger partial charge is 0.410 e. The normalized spacial score (nSPS) is 33.5. The predicted molar refractivity (Wildman–Crippen MR) is 82.3 cm³/mol. The molecular weight excluding hydrogens is 266 g/mol. The van der Waals surface area contributed by atoms with E-state index in [0.717, 1.165) is 32.6 Å². The first-order valence-corrected chi connectivity index (χ1v) is 8.39. The number of amides is 1. The molecule has 4 heterocycles. The van der Waals surface area contributed by atoms with Crippen molar-refractivity contribution in [3.63, 3.8) is 0 Å². The van der Waals surface area contributed by atoms with E-state index in [9.17, 15) is 4.79 Å². The lowest BCUT2D eigenvalue weighted by Gasteiger charge is -2.56. The minimum atomic E-state index is -0.396. The Hall–Kier alpha value is -0.810. The summed E-state index contributed by atoms with van der Waals surface area (Å²) >= 11 is 0. The summed E-state index contributed by atoms with van der Waals surface area (Å²) in [7, 11) is 0. The zero-order chi connectivity index (χ0) is 15.0. The number of piperazine rings is 1. The number of hydrogen-bond donors (Lipinski definition) is 1. The van der Waals surface area contributed by atoms with Crippen LogP contribution in [0.3, 0.4) is 0 Å². The summed E-state index contributed by atoms with van der Waals surface area (Å²) in [6.45, 7) is 10.1. The Balaban J connectivity index is 1.49. The average Bonchev–Trinajstić information content (AvgIpc) is 2.37. The number of carbonyl (C=O) groups excluding carboxylic acids is 1. The van der Waals surface area contributed by atoms with Crippen LogP contribution in [-0.4, -0.2) is 65.8 Å². The van der Waals surface area contributed by atoms with E-state index in [1.54, 1.807) is 0 Å². The number of piperidine rings is 2. The molecule has 5 nitrogen and oxygen atoms in total. The van der Waals surface area contributed by atoms with E-state index in [1.165, 1.54) is 19.3 Å². The molecule has 4 saturated heterocycles. The van der Waals surface area contributed by atoms with Crippen LogP contribution < -0.4 is 5.32 Å². The maximum atomic E-state index is 12.2. The largest absolute Gasteiger partial charge is 0.444 e. The monoisotopic (exact) mass is 295 g/mol. The minimum absolute atomic E-state index is 0.126. The molecule has 0 radical (unpaired) electrons. The standard InChI is InChI=1S/C16H29N3O2/c1-16(2,3)21-15(20)19-13-8-14(19)11-18(10-13)9-12-6-4-5-7-17-12/h12-14,17H,4-11H2,1-3H3. The third-order valence-corrected chi connectivity index (χ3v) is 4.76. The lowest BCUT2D eigenvalue weighted by Crippen LogP contribution is -2.71. The fourth-order valence-electron chi connectivity index (χ4n) is 3.85. The van der Waals surface area contributed by atoms with Crippen molar-refractivity contribution in [3.05, 3.63) is 0 Å². The number of carbonyl (C=O) groups is 1. The molecule has 1 N–H and O–H groups in total. The van der Waals surface area contributed by atoms with Gasteiger partial charge in [0.2, 0.25) is 0 Å². The number of ether oxygens (including phenoxy) is 1. The van der Waals surface area contributed by atoms with Gasteiger partial charge in [0.25, 0.3) is 0 Å². The van der Waals surface area contributed by atoms with Crippen LogP contribution in [0.5, 0.6) is 0 Å². The van der Waals surface area contributed by atoms with Crippen LogP contribution in [0, 0.1) is 0 Å². The molecule has 1 amide bonds. The molecule has 120 valence electrons. The molecule has 5 heteroatoms. The van der Waals surface area contributed by atoms with E-state index in [-0.39, 0.29) is 6.09 Å². The highest BCUT2D eigenvalue weighted by Crippen LogP contribution is 2.33. The van der Waals surface area contributed by atoms with E-state index in [4.69, 9.17) is 4.74 Å². The van der Waals surface area contributed by atoms with E-state index in [2.05, 4.69) is 10.2 Å². The molecule has 3 atom stereocenters. The number of rotatable bonds is 2. The Kier molecular flexibility index (Phi) is 4.14. The highest BCUT2D eigenvalue weighted by Gasteiger charge is 2.48. The van der Waals surface area contributed by atoms with Gasteiger partial charge in [-0.15, -0.1) is 0 Å². The van der Waals surface area contributed by atoms with Gasteiger partial charge in [-0.1, -0.05) is 6.42 Å². The van der Waals surface area contributed by atoms with E-state index >= 15 is 0 Å². The van der Waals surface area contributed by atoms with Gasteiger partial charge in [0.1, 0.15) is 5.60 Å². The van der Waals surface area contributed by atoms with Gasteiger partial charge in [-0.05, 0) is 46.6 Å². The van der Waals surface area contributed by atoms with Crippen LogP contribution in [0.15, 0.2) is 0 Å². The van der Waals surface area contributed by atoms with Crippen LogP contribution in [0.2, 0.25) is 0 Å². The first kappa shape index (κ1) is 15.1. The molecule has 21 heavy (non-hydrogen) atoms. The van der Waals surface area contributed by atoms with Crippen LogP contribution in [0.4, 0.5) is 4.79 Å². The Morgan fingerprint density at radius 3 is 2.52 bits per heavy atom. The van der Waals surface area contributed by atoms with Gasteiger partial charge in [-0.25, -0.2) is 4.79 Å². The summed E-state index contributed by atoms with van der Waals surface area (Å²) < 4.78 is 5.52. The van der Waals surface area contributed by atoms with Crippen molar-refractivity contribution in [1.82, 2.24) is 15.1 Å². The van der Waals surface area contributed by atoms with Gasteiger partial charge in [0, 0.05) is 25.7 Å². The van der Waals surface area contributed by atoms with Crippen molar-refractivity contribution >= 4 is 6.09 Å². The lowest BCUT2D eigenvalue weighted by molar-refractivity contribution is -0.0780. The van der Waals surface area contributed by atoms with Crippen LogP contribution >= 0.6 is 0 Å². The van der Waals surface area contributed by atoms with Gasteiger partial charge in [0.15, 0.2) is 0 Å². The third kappa shape index (κ3) is 3.51. The van der Waals surface area contributed by atoms with E-state index in [0.29, 0.717) is 18.1 Å². The summed E-state index contributed by atoms with van der Waals surface area (Å²) in [5.41, 5.74) is -0.396. The zero-order valence-corrected chi connectivity index (χ0v) is 13.6. The number of hydrogen-bond acceptors (Lipinski definition) is 4. The Bertz CT molecular complexity index is 375. The highest BCUT2D eigenvalue weighted by atomic mass is 16.6. The van der Waals surface area contributed by atoms with Crippen molar-refractivity contribution in [3.8, 4) is 0 Å². The number of fused-ring (bicyclic) bond motifs is 2. The fourth-order valence-corrected chi connectivity index (χ4v) is 3.85. The van der Waals surface area contributed by atoms with Crippen molar-refractivity contribution in [1.29, 1.82) is 0 Å². The fraction of sp³-hybridized carbons (Fsp3) is 0.938. The second kappa shape index (κ2) is 5.76. The van der Waals surface area contributed by atoms with Gasteiger partial charge in [-0.2, -0.15) is 0 Å². The van der Waals surface area contributed by atoms with Crippen molar-refractivity contribution < 1.29 is 9.53 Å².